The standard InChI is InChI=1S/C19H20N4O2/c1-23(2)11-12-25-18-13-14(7-9-21-18)22-19(24)16-8-10-20-17-6-4-3-5-15(16)17/h3-10,13H,11-12H2,1-2H3,(H,21,22,24). The third kappa shape index (κ3) is 4.30. The molecule has 2 heterocycles. The molecule has 0 aliphatic heterocycles. The lowest BCUT2D eigenvalue weighted by Crippen LogP contribution is -2.19. The van der Waals surface area contributed by atoms with Crippen LogP contribution in [0.2, 0.25) is 0 Å². The molecule has 0 fully saturated rings. The van der Waals surface area contributed by atoms with Gasteiger partial charge in [-0.05, 0) is 32.3 Å². The van der Waals surface area contributed by atoms with E-state index in [0.717, 1.165) is 17.4 Å². The first-order valence-electron chi connectivity index (χ1n) is 8.02. The van der Waals surface area contributed by atoms with E-state index >= 15 is 0 Å². The average Bonchev–Trinajstić information content (AvgIpc) is 2.61. The number of para-hydroxylation sites is 1. The van der Waals surface area contributed by atoms with Crippen LogP contribution in [-0.2, 0) is 0 Å². The Morgan fingerprint density at radius 2 is 1.92 bits per heavy atom. The highest BCUT2D eigenvalue weighted by atomic mass is 16.5. The van der Waals surface area contributed by atoms with E-state index in [2.05, 4.69) is 15.3 Å². The first-order chi connectivity index (χ1) is 12.1. The highest BCUT2D eigenvalue weighted by molar-refractivity contribution is 6.12. The first kappa shape index (κ1) is 16.9. The van der Waals surface area contributed by atoms with Gasteiger partial charge in [0.15, 0.2) is 0 Å². The van der Waals surface area contributed by atoms with Crippen molar-refractivity contribution in [2.75, 3.05) is 32.6 Å². The molecule has 6 heteroatoms. The number of ether oxygens (including phenoxy) is 1. The van der Waals surface area contributed by atoms with Gasteiger partial charge in [-0.15, -0.1) is 0 Å². The van der Waals surface area contributed by atoms with Crippen LogP contribution in [0, 0.1) is 0 Å². The van der Waals surface area contributed by atoms with Crippen molar-refractivity contribution in [3.63, 3.8) is 0 Å². The van der Waals surface area contributed by atoms with Gasteiger partial charge in [-0.25, -0.2) is 4.98 Å². The van der Waals surface area contributed by atoms with E-state index in [0.29, 0.717) is 23.7 Å². The summed E-state index contributed by atoms with van der Waals surface area (Å²) in [6.45, 7) is 1.33. The summed E-state index contributed by atoms with van der Waals surface area (Å²) in [6, 6.07) is 12.7. The number of hydrogen-bond acceptors (Lipinski definition) is 5. The van der Waals surface area contributed by atoms with E-state index in [1.807, 2.05) is 43.3 Å². The number of fused-ring (bicyclic) bond motifs is 1. The van der Waals surface area contributed by atoms with Crippen molar-refractivity contribution < 1.29 is 9.53 Å². The zero-order valence-electron chi connectivity index (χ0n) is 14.3. The maximum absolute atomic E-state index is 12.6. The molecular formula is C19H20N4O2. The van der Waals surface area contributed by atoms with Crippen molar-refractivity contribution in [2.24, 2.45) is 0 Å². The smallest absolute Gasteiger partial charge is 0.256 e. The Morgan fingerprint density at radius 3 is 2.76 bits per heavy atom. The van der Waals surface area contributed by atoms with Gasteiger partial charge in [-0.2, -0.15) is 0 Å². The minimum atomic E-state index is -0.191. The van der Waals surface area contributed by atoms with Crippen LogP contribution in [0.5, 0.6) is 5.88 Å². The van der Waals surface area contributed by atoms with Gasteiger partial charge in [0.25, 0.3) is 5.91 Å². The number of pyridine rings is 2. The quantitative estimate of drug-likeness (QED) is 0.750. The topological polar surface area (TPSA) is 67.3 Å². The fraction of sp³-hybridized carbons (Fsp3) is 0.211. The monoisotopic (exact) mass is 336 g/mol. The number of hydrogen-bond donors (Lipinski definition) is 1. The number of likely N-dealkylation sites (N-methyl/N-ethyl adjacent to an activating group) is 1. The Kier molecular flexibility index (Phi) is 5.20. The Bertz CT molecular complexity index is 875. The average molecular weight is 336 g/mol. The summed E-state index contributed by atoms with van der Waals surface area (Å²) in [7, 11) is 3.96. The molecule has 3 aromatic rings. The van der Waals surface area contributed by atoms with Crippen LogP contribution < -0.4 is 10.1 Å². The highest BCUT2D eigenvalue weighted by Crippen LogP contribution is 2.19. The van der Waals surface area contributed by atoms with Crippen LogP contribution in [0.1, 0.15) is 10.4 Å². The van der Waals surface area contributed by atoms with Crippen LogP contribution in [0.3, 0.4) is 0 Å². The van der Waals surface area contributed by atoms with Gasteiger partial charge >= 0.3 is 0 Å². The maximum Gasteiger partial charge on any atom is 0.256 e. The molecule has 0 bridgehead atoms. The van der Waals surface area contributed by atoms with Crippen molar-refractivity contribution in [3.05, 3.63) is 60.4 Å². The van der Waals surface area contributed by atoms with Crippen molar-refractivity contribution in [2.45, 2.75) is 0 Å². The zero-order chi connectivity index (χ0) is 17.6. The molecule has 0 saturated heterocycles. The SMILES string of the molecule is CN(C)CCOc1cc(NC(=O)c2ccnc3ccccc23)ccn1. The minimum absolute atomic E-state index is 0.191. The molecule has 1 N–H and O–H groups in total. The minimum Gasteiger partial charge on any atom is -0.476 e. The Morgan fingerprint density at radius 1 is 1.12 bits per heavy atom. The number of benzene rings is 1. The van der Waals surface area contributed by atoms with Crippen molar-refractivity contribution in [1.29, 1.82) is 0 Å². The van der Waals surface area contributed by atoms with Gasteiger partial charge in [0.05, 0.1) is 11.1 Å². The van der Waals surface area contributed by atoms with E-state index in [-0.39, 0.29) is 5.91 Å². The maximum atomic E-state index is 12.6. The number of carbonyl (C=O) groups is 1. The molecule has 0 aliphatic carbocycles. The molecule has 1 amide bonds. The molecule has 0 saturated carbocycles. The lowest BCUT2D eigenvalue weighted by atomic mass is 10.1. The molecule has 0 unspecified atom stereocenters. The number of carbonyl (C=O) groups excluding carboxylic acids is 1. The molecular weight excluding hydrogens is 316 g/mol. The Hall–Kier alpha value is -2.99. The van der Waals surface area contributed by atoms with E-state index in [4.69, 9.17) is 4.74 Å². The van der Waals surface area contributed by atoms with Gasteiger partial charge in [0.1, 0.15) is 6.61 Å². The molecule has 0 atom stereocenters. The van der Waals surface area contributed by atoms with Crippen molar-refractivity contribution >= 4 is 22.5 Å². The van der Waals surface area contributed by atoms with E-state index in [1.54, 1.807) is 30.6 Å². The van der Waals surface area contributed by atoms with Crippen LogP contribution in [0.4, 0.5) is 5.69 Å². The lowest BCUT2D eigenvalue weighted by molar-refractivity contribution is 0.102. The number of anilines is 1. The molecule has 6 nitrogen and oxygen atoms in total. The highest BCUT2D eigenvalue weighted by Gasteiger charge is 2.11. The molecule has 0 radical (unpaired) electrons. The molecule has 128 valence electrons. The lowest BCUT2D eigenvalue weighted by Gasteiger charge is -2.11. The Balaban J connectivity index is 1.74. The van der Waals surface area contributed by atoms with Gasteiger partial charge < -0.3 is 15.0 Å². The van der Waals surface area contributed by atoms with E-state index in [1.165, 1.54) is 0 Å². The van der Waals surface area contributed by atoms with Crippen molar-refractivity contribution in [3.8, 4) is 5.88 Å². The molecule has 2 aromatic heterocycles. The normalized spacial score (nSPS) is 10.8. The predicted octanol–water partition coefficient (Wildman–Crippen LogP) is 2.82. The fourth-order valence-electron chi connectivity index (χ4n) is 2.39. The predicted molar refractivity (Wildman–Crippen MR) is 98.0 cm³/mol. The van der Waals surface area contributed by atoms with Crippen molar-refractivity contribution in [1.82, 2.24) is 14.9 Å². The number of aromatic nitrogens is 2. The number of amides is 1. The summed E-state index contributed by atoms with van der Waals surface area (Å²) in [5.74, 6) is 0.295. The third-order valence-electron chi connectivity index (χ3n) is 3.67. The first-order valence-corrected chi connectivity index (χ1v) is 8.02. The summed E-state index contributed by atoms with van der Waals surface area (Å²) < 4.78 is 5.60. The summed E-state index contributed by atoms with van der Waals surface area (Å²) in [5, 5.41) is 3.71. The second-order valence-electron chi connectivity index (χ2n) is 5.86. The van der Waals surface area contributed by atoms with Crippen LogP contribution >= 0.6 is 0 Å². The molecule has 1 aromatic carbocycles. The second-order valence-corrected chi connectivity index (χ2v) is 5.86. The fourth-order valence-corrected chi connectivity index (χ4v) is 2.39. The van der Waals surface area contributed by atoms with Gasteiger partial charge in [-0.1, -0.05) is 18.2 Å². The summed E-state index contributed by atoms with van der Waals surface area (Å²) in [4.78, 5) is 23.1. The van der Waals surface area contributed by atoms with E-state index < -0.39 is 0 Å². The number of nitrogens with one attached hydrogen (secondary N) is 1. The Labute approximate surface area is 146 Å². The third-order valence-corrected chi connectivity index (χ3v) is 3.67. The largest absolute Gasteiger partial charge is 0.476 e. The number of rotatable bonds is 6. The second kappa shape index (κ2) is 7.72. The van der Waals surface area contributed by atoms with Crippen LogP contribution in [0.25, 0.3) is 10.9 Å². The van der Waals surface area contributed by atoms with Gasteiger partial charge in [0.2, 0.25) is 5.88 Å². The summed E-state index contributed by atoms with van der Waals surface area (Å²) in [6.07, 6.45) is 3.25. The van der Waals surface area contributed by atoms with Crippen LogP contribution in [-0.4, -0.2) is 48.0 Å². The molecule has 3 rings (SSSR count). The molecule has 0 spiro atoms. The summed E-state index contributed by atoms with van der Waals surface area (Å²) in [5.41, 5.74) is 2.01. The van der Waals surface area contributed by atoms with Gasteiger partial charge in [-0.3, -0.25) is 9.78 Å². The summed E-state index contributed by atoms with van der Waals surface area (Å²) >= 11 is 0. The zero-order valence-corrected chi connectivity index (χ0v) is 14.3. The molecule has 0 aliphatic rings. The van der Waals surface area contributed by atoms with Crippen LogP contribution in [0.15, 0.2) is 54.9 Å². The van der Waals surface area contributed by atoms with Gasteiger partial charge in [0, 0.05) is 36.1 Å². The van der Waals surface area contributed by atoms with E-state index in [9.17, 15) is 4.79 Å². The molecule has 25 heavy (non-hydrogen) atoms. The number of nitrogens with zero attached hydrogens (tertiary/aromatic N) is 3.